The van der Waals surface area contributed by atoms with Crippen LogP contribution in [0.5, 0.6) is 0 Å². The summed E-state index contributed by atoms with van der Waals surface area (Å²) in [6, 6.07) is 10.3. The van der Waals surface area contributed by atoms with E-state index in [4.69, 9.17) is 23.2 Å². The molecule has 2 rings (SSSR count). The van der Waals surface area contributed by atoms with Crippen molar-refractivity contribution in [3.63, 3.8) is 0 Å². The lowest BCUT2D eigenvalue weighted by Crippen LogP contribution is -2.41. The molecule has 1 saturated heterocycles. The first kappa shape index (κ1) is 11.6. The van der Waals surface area contributed by atoms with Gasteiger partial charge in [0.25, 0.3) is 0 Å². The van der Waals surface area contributed by atoms with Gasteiger partial charge in [-0.25, -0.2) is 0 Å². The second kappa shape index (κ2) is 4.96. The van der Waals surface area contributed by atoms with Gasteiger partial charge in [-0.15, -0.1) is 11.8 Å². The standard InChI is InChI=1S/C11H13Cl2NS/c12-11(13)14(7-4-8-15-11)9-10-5-2-1-3-6-10/h1-3,5-6H,4,7-9H2. The Balaban J connectivity index is 2.05. The molecule has 82 valence electrons. The van der Waals surface area contributed by atoms with Gasteiger partial charge >= 0.3 is 0 Å². The van der Waals surface area contributed by atoms with Crippen molar-refractivity contribution in [2.75, 3.05) is 12.3 Å². The first-order valence-electron chi connectivity index (χ1n) is 4.99. The molecule has 0 saturated carbocycles. The van der Waals surface area contributed by atoms with Crippen molar-refractivity contribution in [3.05, 3.63) is 35.9 Å². The van der Waals surface area contributed by atoms with Crippen LogP contribution in [0.3, 0.4) is 0 Å². The molecule has 0 amide bonds. The predicted octanol–water partition coefficient (Wildman–Crippen LogP) is 3.71. The fourth-order valence-electron chi connectivity index (χ4n) is 1.65. The average Bonchev–Trinajstić information content (AvgIpc) is 2.23. The SMILES string of the molecule is ClC1(Cl)SCCCN1Cc1ccccc1. The molecule has 4 heteroatoms. The molecule has 15 heavy (non-hydrogen) atoms. The first-order chi connectivity index (χ1) is 7.18. The van der Waals surface area contributed by atoms with Crippen LogP contribution in [0.1, 0.15) is 12.0 Å². The Morgan fingerprint density at radius 3 is 2.67 bits per heavy atom. The molecular weight excluding hydrogens is 249 g/mol. The largest absolute Gasteiger partial charge is 0.259 e. The molecule has 1 aromatic carbocycles. The third kappa shape index (κ3) is 3.04. The van der Waals surface area contributed by atoms with E-state index >= 15 is 0 Å². The quantitative estimate of drug-likeness (QED) is 0.590. The summed E-state index contributed by atoms with van der Waals surface area (Å²) in [5, 5.41) is 0. The molecule has 1 nitrogen and oxygen atoms in total. The van der Waals surface area contributed by atoms with Crippen LogP contribution in [0.4, 0.5) is 0 Å². The Labute approximate surface area is 105 Å². The van der Waals surface area contributed by atoms with Crippen LogP contribution in [0.25, 0.3) is 0 Å². The highest BCUT2D eigenvalue weighted by Crippen LogP contribution is 2.42. The van der Waals surface area contributed by atoms with Crippen LogP contribution < -0.4 is 0 Å². The van der Waals surface area contributed by atoms with E-state index in [2.05, 4.69) is 17.0 Å². The molecule has 0 radical (unpaired) electrons. The summed E-state index contributed by atoms with van der Waals surface area (Å²) in [5.74, 6) is 1.04. The zero-order valence-corrected chi connectivity index (χ0v) is 10.7. The maximum Gasteiger partial charge on any atom is 0.219 e. The number of hydrogen-bond acceptors (Lipinski definition) is 2. The van der Waals surface area contributed by atoms with E-state index < -0.39 is 3.79 Å². The average molecular weight is 262 g/mol. The second-order valence-corrected chi connectivity index (χ2v) is 6.62. The van der Waals surface area contributed by atoms with Crippen molar-refractivity contribution in [1.82, 2.24) is 4.90 Å². The van der Waals surface area contributed by atoms with Gasteiger partial charge in [-0.2, -0.15) is 0 Å². The van der Waals surface area contributed by atoms with Crippen LogP contribution in [0.15, 0.2) is 30.3 Å². The van der Waals surface area contributed by atoms with E-state index in [1.165, 1.54) is 5.56 Å². The van der Waals surface area contributed by atoms with Gasteiger partial charge < -0.3 is 0 Å². The number of hydrogen-bond donors (Lipinski definition) is 0. The minimum Gasteiger partial charge on any atom is -0.259 e. The predicted molar refractivity (Wildman–Crippen MR) is 68.4 cm³/mol. The Morgan fingerprint density at radius 2 is 2.00 bits per heavy atom. The highest BCUT2D eigenvalue weighted by molar-refractivity contribution is 8.03. The number of rotatable bonds is 2. The Bertz CT molecular complexity index is 316. The monoisotopic (exact) mass is 261 g/mol. The third-order valence-electron chi connectivity index (χ3n) is 2.43. The van der Waals surface area contributed by atoms with Gasteiger partial charge in [0.2, 0.25) is 3.79 Å². The summed E-state index contributed by atoms with van der Waals surface area (Å²) >= 11 is 14.1. The molecule has 1 fully saturated rings. The fraction of sp³-hybridized carbons (Fsp3) is 0.455. The lowest BCUT2D eigenvalue weighted by atomic mass is 10.2. The fourth-order valence-corrected chi connectivity index (χ4v) is 3.26. The highest BCUT2D eigenvalue weighted by Gasteiger charge is 2.35. The third-order valence-corrected chi connectivity index (χ3v) is 4.66. The van der Waals surface area contributed by atoms with Gasteiger partial charge in [0.05, 0.1) is 0 Å². The van der Waals surface area contributed by atoms with E-state index in [1.54, 1.807) is 11.8 Å². The molecule has 0 atom stereocenters. The van der Waals surface area contributed by atoms with Crippen molar-refractivity contribution in [2.45, 2.75) is 16.8 Å². The van der Waals surface area contributed by atoms with Crippen LogP contribution in [-0.2, 0) is 6.54 Å². The molecule has 0 aliphatic carbocycles. The Hall–Kier alpha value is 0.110. The van der Waals surface area contributed by atoms with Crippen LogP contribution in [-0.4, -0.2) is 21.0 Å². The molecule has 0 aromatic heterocycles. The van der Waals surface area contributed by atoms with Gasteiger partial charge in [-0.1, -0.05) is 53.5 Å². The minimum atomic E-state index is -0.756. The molecule has 0 unspecified atom stereocenters. The Kier molecular flexibility index (Phi) is 3.83. The second-order valence-electron chi connectivity index (χ2n) is 3.60. The zero-order valence-electron chi connectivity index (χ0n) is 8.33. The maximum absolute atomic E-state index is 6.24. The smallest absolute Gasteiger partial charge is 0.219 e. The van der Waals surface area contributed by atoms with E-state index in [1.807, 2.05) is 18.2 Å². The normalized spacial score (nSPS) is 21.5. The lowest BCUT2D eigenvalue weighted by Gasteiger charge is -2.37. The van der Waals surface area contributed by atoms with E-state index in [0.717, 1.165) is 25.3 Å². The summed E-state index contributed by atoms with van der Waals surface area (Å²) in [7, 11) is 0. The van der Waals surface area contributed by atoms with Gasteiger partial charge in [0, 0.05) is 13.1 Å². The van der Waals surface area contributed by atoms with Crippen molar-refractivity contribution in [1.29, 1.82) is 0 Å². The number of halogens is 2. The van der Waals surface area contributed by atoms with Gasteiger partial charge in [-0.3, -0.25) is 4.90 Å². The number of benzene rings is 1. The van der Waals surface area contributed by atoms with Crippen LogP contribution in [0.2, 0.25) is 0 Å². The number of alkyl halides is 2. The highest BCUT2D eigenvalue weighted by atomic mass is 35.5. The van der Waals surface area contributed by atoms with Gasteiger partial charge in [-0.05, 0) is 17.7 Å². The van der Waals surface area contributed by atoms with Gasteiger partial charge in [0.15, 0.2) is 0 Å². The topological polar surface area (TPSA) is 3.24 Å². The zero-order chi connectivity index (χ0) is 10.7. The van der Waals surface area contributed by atoms with Crippen molar-refractivity contribution >= 4 is 35.0 Å². The first-order valence-corrected chi connectivity index (χ1v) is 6.73. The summed E-state index contributed by atoms with van der Waals surface area (Å²) in [6.07, 6.45) is 1.15. The lowest BCUT2D eigenvalue weighted by molar-refractivity contribution is 0.263. The summed E-state index contributed by atoms with van der Waals surface area (Å²) in [5.41, 5.74) is 1.26. The summed E-state index contributed by atoms with van der Waals surface area (Å²) < 4.78 is -0.756. The molecule has 1 heterocycles. The van der Waals surface area contributed by atoms with Crippen molar-refractivity contribution < 1.29 is 0 Å². The molecule has 1 aliphatic heterocycles. The Morgan fingerprint density at radius 1 is 1.27 bits per heavy atom. The van der Waals surface area contributed by atoms with E-state index in [0.29, 0.717) is 0 Å². The number of nitrogens with zero attached hydrogens (tertiary/aromatic N) is 1. The number of thioether (sulfide) groups is 1. The molecular formula is C11H13Cl2NS. The minimum absolute atomic E-state index is 0.756. The molecule has 0 spiro atoms. The van der Waals surface area contributed by atoms with Crippen LogP contribution >= 0.6 is 35.0 Å². The van der Waals surface area contributed by atoms with E-state index in [-0.39, 0.29) is 0 Å². The summed E-state index contributed by atoms with van der Waals surface area (Å²) in [6.45, 7) is 1.79. The summed E-state index contributed by atoms with van der Waals surface area (Å²) in [4.78, 5) is 2.11. The van der Waals surface area contributed by atoms with Crippen molar-refractivity contribution in [3.8, 4) is 0 Å². The van der Waals surface area contributed by atoms with Gasteiger partial charge in [0.1, 0.15) is 0 Å². The molecule has 1 aromatic rings. The molecule has 0 N–H and O–H groups in total. The molecule has 1 aliphatic rings. The van der Waals surface area contributed by atoms with Crippen molar-refractivity contribution in [2.24, 2.45) is 0 Å². The maximum atomic E-state index is 6.24. The van der Waals surface area contributed by atoms with Crippen LogP contribution in [0, 0.1) is 0 Å². The van der Waals surface area contributed by atoms with E-state index in [9.17, 15) is 0 Å². The molecule has 0 bridgehead atoms.